The molecular formula is C25H26N4O5S. The lowest BCUT2D eigenvalue weighted by Crippen LogP contribution is -2.30. The molecule has 10 heteroatoms. The SMILES string of the molecule is COc1ccc(N(C)S(=O)(=O)c2cccc(C(=O)Nc3ccc(NC(=O)NC4CC4)cc3)c2)cc1. The summed E-state index contributed by atoms with van der Waals surface area (Å²) in [6, 6.07) is 19.1. The first-order valence-corrected chi connectivity index (χ1v) is 12.4. The van der Waals surface area contributed by atoms with Crippen molar-refractivity contribution < 1.29 is 22.7 Å². The maximum atomic E-state index is 13.1. The minimum Gasteiger partial charge on any atom is -0.497 e. The minimum atomic E-state index is -3.90. The van der Waals surface area contributed by atoms with Crippen molar-refractivity contribution in [3.8, 4) is 5.75 Å². The first kappa shape index (κ1) is 24.1. The Balaban J connectivity index is 1.43. The number of methoxy groups -OCH3 is 1. The van der Waals surface area contributed by atoms with E-state index in [1.165, 1.54) is 32.4 Å². The molecule has 1 saturated carbocycles. The van der Waals surface area contributed by atoms with E-state index in [1.807, 2.05) is 0 Å². The molecule has 0 atom stereocenters. The summed E-state index contributed by atoms with van der Waals surface area (Å²) in [4.78, 5) is 24.6. The van der Waals surface area contributed by atoms with E-state index < -0.39 is 15.9 Å². The molecule has 9 nitrogen and oxygen atoms in total. The highest BCUT2D eigenvalue weighted by molar-refractivity contribution is 7.92. The highest BCUT2D eigenvalue weighted by Gasteiger charge is 2.24. The number of sulfonamides is 1. The third kappa shape index (κ3) is 5.90. The number of amides is 3. The van der Waals surface area contributed by atoms with Gasteiger partial charge in [-0.15, -0.1) is 0 Å². The number of hydrogen-bond donors (Lipinski definition) is 3. The van der Waals surface area contributed by atoms with Crippen molar-refractivity contribution >= 4 is 39.0 Å². The van der Waals surface area contributed by atoms with Gasteiger partial charge in [0, 0.05) is 30.0 Å². The Morgan fingerprint density at radius 2 is 1.54 bits per heavy atom. The number of nitrogens with one attached hydrogen (secondary N) is 3. The standard InChI is InChI=1S/C25H26N4O5S/c1-29(21-12-14-22(34-2)15-13-21)35(32,33)23-5-3-4-17(16-23)24(30)26-18-6-8-19(9-7-18)27-25(31)28-20-10-11-20/h3-9,12-16,20H,10-11H2,1-2H3,(H,26,30)(H2,27,28,31). The number of hydrogen-bond acceptors (Lipinski definition) is 5. The maximum Gasteiger partial charge on any atom is 0.319 e. The molecule has 0 aromatic heterocycles. The van der Waals surface area contributed by atoms with Crippen LogP contribution in [0.3, 0.4) is 0 Å². The molecular weight excluding hydrogens is 468 g/mol. The molecule has 0 unspecified atom stereocenters. The number of rotatable bonds is 8. The van der Waals surface area contributed by atoms with Gasteiger partial charge in [0.1, 0.15) is 5.75 Å². The van der Waals surface area contributed by atoms with Gasteiger partial charge >= 0.3 is 6.03 Å². The van der Waals surface area contributed by atoms with Crippen LogP contribution in [0.15, 0.2) is 77.7 Å². The molecule has 1 fully saturated rings. The fourth-order valence-corrected chi connectivity index (χ4v) is 4.55. The van der Waals surface area contributed by atoms with E-state index in [1.54, 1.807) is 54.6 Å². The quantitative estimate of drug-likeness (QED) is 0.437. The molecule has 0 spiro atoms. The maximum absolute atomic E-state index is 13.1. The minimum absolute atomic E-state index is 0.00955. The third-order valence-electron chi connectivity index (χ3n) is 5.50. The van der Waals surface area contributed by atoms with Gasteiger partial charge in [-0.25, -0.2) is 13.2 Å². The van der Waals surface area contributed by atoms with Gasteiger partial charge in [0.05, 0.1) is 17.7 Å². The average Bonchev–Trinajstić information content (AvgIpc) is 3.68. The number of carbonyl (C=O) groups is 2. The first-order valence-electron chi connectivity index (χ1n) is 11.0. The second kappa shape index (κ2) is 10.1. The largest absolute Gasteiger partial charge is 0.497 e. The number of benzene rings is 3. The third-order valence-corrected chi connectivity index (χ3v) is 7.29. The highest BCUT2D eigenvalue weighted by atomic mass is 32.2. The summed E-state index contributed by atoms with van der Waals surface area (Å²) in [6.45, 7) is 0. The fourth-order valence-electron chi connectivity index (χ4n) is 3.31. The summed E-state index contributed by atoms with van der Waals surface area (Å²) in [5, 5.41) is 8.32. The van der Waals surface area contributed by atoms with Gasteiger partial charge in [0.15, 0.2) is 0 Å². The second-order valence-corrected chi connectivity index (χ2v) is 10.1. The van der Waals surface area contributed by atoms with Crippen LogP contribution in [-0.2, 0) is 10.0 Å². The number of anilines is 3. The zero-order valence-corrected chi connectivity index (χ0v) is 20.1. The number of ether oxygens (including phenoxy) is 1. The molecule has 1 aliphatic carbocycles. The predicted octanol–water partition coefficient (Wildman–Crippen LogP) is 4.06. The lowest BCUT2D eigenvalue weighted by atomic mass is 10.2. The van der Waals surface area contributed by atoms with E-state index in [9.17, 15) is 18.0 Å². The van der Waals surface area contributed by atoms with Crippen molar-refractivity contribution in [2.24, 2.45) is 0 Å². The van der Waals surface area contributed by atoms with E-state index in [4.69, 9.17) is 4.74 Å². The lowest BCUT2D eigenvalue weighted by molar-refractivity contribution is 0.102. The van der Waals surface area contributed by atoms with Crippen LogP contribution in [-0.4, -0.2) is 40.6 Å². The van der Waals surface area contributed by atoms with Gasteiger partial charge in [0.25, 0.3) is 15.9 Å². The molecule has 3 N–H and O–H groups in total. The number of urea groups is 1. The lowest BCUT2D eigenvalue weighted by Gasteiger charge is -2.20. The van der Waals surface area contributed by atoms with Gasteiger partial charge in [0.2, 0.25) is 0 Å². The predicted molar refractivity (Wildman–Crippen MR) is 135 cm³/mol. The van der Waals surface area contributed by atoms with Crippen LogP contribution < -0.4 is 25.0 Å². The molecule has 0 aliphatic heterocycles. The van der Waals surface area contributed by atoms with Crippen molar-refractivity contribution in [1.29, 1.82) is 0 Å². The first-order chi connectivity index (χ1) is 16.8. The highest BCUT2D eigenvalue weighted by Crippen LogP contribution is 2.25. The van der Waals surface area contributed by atoms with Crippen LogP contribution in [0.25, 0.3) is 0 Å². The Morgan fingerprint density at radius 1 is 0.914 bits per heavy atom. The van der Waals surface area contributed by atoms with Crippen molar-refractivity contribution in [3.05, 3.63) is 78.4 Å². The molecule has 4 rings (SSSR count). The molecule has 3 aromatic carbocycles. The van der Waals surface area contributed by atoms with E-state index in [-0.39, 0.29) is 22.5 Å². The molecule has 0 radical (unpaired) electrons. The molecule has 182 valence electrons. The molecule has 3 amide bonds. The van der Waals surface area contributed by atoms with Crippen molar-refractivity contribution in [3.63, 3.8) is 0 Å². The van der Waals surface area contributed by atoms with Gasteiger partial charge in [-0.1, -0.05) is 6.07 Å². The summed E-state index contributed by atoms with van der Waals surface area (Å²) in [5.74, 6) is 0.157. The summed E-state index contributed by atoms with van der Waals surface area (Å²) in [5.41, 5.74) is 1.75. The Morgan fingerprint density at radius 3 is 2.14 bits per heavy atom. The fraction of sp³-hybridized carbons (Fsp3) is 0.200. The van der Waals surface area contributed by atoms with E-state index in [0.717, 1.165) is 17.1 Å². The van der Waals surface area contributed by atoms with Crippen LogP contribution in [0.5, 0.6) is 5.75 Å². The van der Waals surface area contributed by atoms with E-state index >= 15 is 0 Å². The van der Waals surface area contributed by atoms with E-state index in [2.05, 4.69) is 16.0 Å². The van der Waals surface area contributed by atoms with Crippen molar-refractivity contribution in [1.82, 2.24) is 5.32 Å². The topological polar surface area (TPSA) is 117 Å². The van der Waals surface area contributed by atoms with Crippen LogP contribution in [0, 0.1) is 0 Å². The molecule has 35 heavy (non-hydrogen) atoms. The van der Waals surface area contributed by atoms with Gasteiger partial charge in [-0.05, 0) is 79.6 Å². The smallest absolute Gasteiger partial charge is 0.319 e. The van der Waals surface area contributed by atoms with E-state index in [0.29, 0.717) is 22.8 Å². The van der Waals surface area contributed by atoms with Crippen LogP contribution >= 0.6 is 0 Å². The summed E-state index contributed by atoms with van der Waals surface area (Å²) in [7, 11) is -0.913. The number of carbonyl (C=O) groups excluding carboxylic acids is 2. The summed E-state index contributed by atoms with van der Waals surface area (Å²) >= 11 is 0. The molecule has 0 bridgehead atoms. The zero-order valence-electron chi connectivity index (χ0n) is 19.3. The zero-order chi connectivity index (χ0) is 25.0. The van der Waals surface area contributed by atoms with Crippen LogP contribution in [0.2, 0.25) is 0 Å². The van der Waals surface area contributed by atoms with Gasteiger partial charge in [-0.2, -0.15) is 0 Å². The van der Waals surface area contributed by atoms with Gasteiger partial charge < -0.3 is 20.7 Å². The normalized spacial score (nSPS) is 13.0. The summed E-state index contributed by atoms with van der Waals surface area (Å²) < 4.78 is 32.5. The Hall–Kier alpha value is -4.05. The Kier molecular flexibility index (Phi) is 6.92. The average molecular weight is 495 g/mol. The van der Waals surface area contributed by atoms with Crippen LogP contribution in [0.4, 0.5) is 21.9 Å². The molecule has 0 saturated heterocycles. The monoisotopic (exact) mass is 494 g/mol. The molecule has 0 heterocycles. The number of nitrogens with zero attached hydrogens (tertiary/aromatic N) is 1. The Bertz CT molecular complexity index is 1320. The Labute approximate surface area is 204 Å². The van der Waals surface area contributed by atoms with Crippen LogP contribution in [0.1, 0.15) is 23.2 Å². The second-order valence-electron chi connectivity index (χ2n) is 8.10. The summed E-state index contributed by atoms with van der Waals surface area (Å²) in [6.07, 6.45) is 2.00. The van der Waals surface area contributed by atoms with Crippen molar-refractivity contribution in [2.45, 2.75) is 23.8 Å². The molecule has 1 aliphatic rings. The van der Waals surface area contributed by atoms with Gasteiger partial charge in [-0.3, -0.25) is 9.10 Å². The van der Waals surface area contributed by atoms with Crippen molar-refractivity contribution in [2.75, 3.05) is 29.1 Å². The molecule has 3 aromatic rings.